The number of Topliss-reactive ketones (excluding diaryl/α,β-unsaturated/α-hetero) is 1. The summed E-state index contributed by atoms with van der Waals surface area (Å²) < 4.78 is 44.6. The predicted octanol–water partition coefficient (Wildman–Crippen LogP) is 2.70. The Morgan fingerprint density at radius 2 is 1.91 bits per heavy atom. The minimum atomic E-state index is -1.47. The summed E-state index contributed by atoms with van der Waals surface area (Å²) in [6.07, 6.45) is 2.79. The molecule has 1 aromatic rings. The summed E-state index contributed by atoms with van der Waals surface area (Å²) in [6, 6.07) is 0.743. The van der Waals surface area contributed by atoms with E-state index in [0.29, 0.717) is 6.07 Å². The molecule has 118 valence electrons. The van der Waals surface area contributed by atoms with Crippen molar-refractivity contribution in [2.24, 2.45) is 10.9 Å². The summed E-state index contributed by atoms with van der Waals surface area (Å²) in [5.41, 5.74) is -0.709. The number of ketones is 1. The molecule has 0 N–H and O–H groups in total. The molecule has 0 amide bonds. The van der Waals surface area contributed by atoms with Crippen LogP contribution in [0, 0.1) is 23.4 Å². The third kappa shape index (κ3) is 3.72. The van der Waals surface area contributed by atoms with E-state index >= 15 is 0 Å². The number of ether oxygens (including phenoxy) is 1. The van der Waals surface area contributed by atoms with Gasteiger partial charge in [0.25, 0.3) is 0 Å². The predicted molar refractivity (Wildman–Crippen MR) is 72.3 cm³/mol. The molecule has 1 aromatic carbocycles. The molecule has 1 unspecified atom stereocenters. The molecule has 4 nitrogen and oxygen atoms in total. The van der Waals surface area contributed by atoms with E-state index in [1.165, 1.54) is 0 Å². The number of nitrogens with zero attached hydrogens (tertiary/aromatic N) is 1. The fourth-order valence-electron chi connectivity index (χ4n) is 1.78. The molecule has 1 saturated carbocycles. The number of rotatable bonds is 6. The second kappa shape index (κ2) is 6.72. The minimum Gasteiger partial charge on any atom is -0.465 e. The van der Waals surface area contributed by atoms with E-state index in [1.807, 2.05) is 0 Å². The van der Waals surface area contributed by atoms with Gasteiger partial charge in [-0.15, -0.1) is 0 Å². The van der Waals surface area contributed by atoms with Crippen molar-refractivity contribution in [1.82, 2.24) is 0 Å². The van der Waals surface area contributed by atoms with Crippen LogP contribution in [0.15, 0.2) is 17.1 Å². The number of halogens is 3. The number of carbonyl (C=O) groups is 2. The highest BCUT2D eigenvalue weighted by Gasteiger charge is 2.31. The monoisotopic (exact) mass is 313 g/mol. The van der Waals surface area contributed by atoms with E-state index in [-0.39, 0.29) is 18.7 Å². The summed E-state index contributed by atoms with van der Waals surface area (Å²) in [5.74, 6) is -7.40. The quantitative estimate of drug-likeness (QED) is 0.267. The zero-order chi connectivity index (χ0) is 16.3. The van der Waals surface area contributed by atoms with Gasteiger partial charge in [0.1, 0.15) is 5.82 Å². The summed E-state index contributed by atoms with van der Waals surface area (Å²) in [4.78, 5) is 28.1. The lowest BCUT2D eigenvalue weighted by Gasteiger charge is -2.11. The Bertz CT molecular complexity index is 627. The van der Waals surface area contributed by atoms with E-state index in [1.54, 1.807) is 6.92 Å². The highest BCUT2D eigenvalue weighted by molar-refractivity contribution is 6.18. The molecule has 1 fully saturated rings. The molecule has 0 spiro atoms. The van der Waals surface area contributed by atoms with Gasteiger partial charge in [0.05, 0.1) is 12.2 Å². The number of hydrogen-bond donors (Lipinski definition) is 0. The molecule has 1 aliphatic carbocycles. The fourth-order valence-corrected chi connectivity index (χ4v) is 1.78. The molecule has 2 rings (SSSR count). The molecule has 0 radical (unpaired) electrons. The number of carbonyl (C=O) groups excluding carboxylic acids is 2. The van der Waals surface area contributed by atoms with Crippen LogP contribution in [0.5, 0.6) is 0 Å². The average Bonchev–Trinajstić information content (AvgIpc) is 3.27. The molecule has 1 aliphatic rings. The van der Waals surface area contributed by atoms with Gasteiger partial charge >= 0.3 is 5.97 Å². The third-order valence-electron chi connectivity index (χ3n) is 3.09. The van der Waals surface area contributed by atoms with Crippen molar-refractivity contribution in [1.29, 1.82) is 0 Å². The van der Waals surface area contributed by atoms with Crippen LogP contribution >= 0.6 is 0 Å². The van der Waals surface area contributed by atoms with Crippen molar-refractivity contribution < 1.29 is 27.5 Å². The topological polar surface area (TPSA) is 55.7 Å². The van der Waals surface area contributed by atoms with Gasteiger partial charge in [-0.1, -0.05) is 0 Å². The van der Waals surface area contributed by atoms with Gasteiger partial charge in [0.15, 0.2) is 23.3 Å². The van der Waals surface area contributed by atoms with Gasteiger partial charge in [-0.25, -0.2) is 13.2 Å². The van der Waals surface area contributed by atoms with Gasteiger partial charge in [0, 0.05) is 18.3 Å². The molecule has 0 aromatic heterocycles. The van der Waals surface area contributed by atoms with Gasteiger partial charge in [0.2, 0.25) is 0 Å². The lowest BCUT2D eigenvalue weighted by molar-refractivity contribution is -0.143. The Balaban J connectivity index is 2.31. The Morgan fingerprint density at radius 3 is 2.50 bits per heavy atom. The maximum atomic E-state index is 13.7. The first kappa shape index (κ1) is 16.2. The molecule has 0 aliphatic heterocycles. The van der Waals surface area contributed by atoms with Gasteiger partial charge in [-0.2, -0.15) is 0 Å². The van der Waals surface area contributed by atoms with E-state index in [9.17, 15) is 22.8 Å². The van der Waals surface area contributed by atoms with E-state index < -0.39 is 40.7 Å². The molecule has 0 saturated heterocycles. The number of aliphatic imine (C=N–C) groups is 1. The lowest BCUT2D eigenvalue weighted by Crippen LogP contribution is -2.28. The van der Waals surface area contributed by atoms with Crippen LogP contribution in [-0.4, -0.2) is 30.6 Å². The first-order valence-corrected chi connectivity index (χ1v) is 6.82. The maximum Gasteiger partial charge on any atom is 0.322 e. The summed E-state index contributed by atoms with van der Waals surface area (Å²) in [5, 5.41) is 0. The molecule has 0 bridgehead atoms. The largest absolute Gasteiger partial charge is 0.465 e. The molecule has 1 atom stereocenters. The van der Waals surface area contributed by atoms with Gasteiger partial charge in [-0.05, 0) is 25.8 Å². The number of benzene rings is 1. The van der Waals surface area contributed by atoms with Crippen LogP contribution < -0.4 is 0 Å². The number of esters is 1. The van der Waals surface area contributed by atoms with Crippen LogP contribution in [0.4, 0.5) is 13.2 Å². The minimum absolute atomic E-state index is 0.0279. The van der Waals surface area contributed by atoms with Crippen molar-refractivity contribution in [3.63, 3.8) is 0 Å². The van der Waals surface area contributed by atoms with Crippen LogP contribution in [0.2, 0.25) is 0 Å². The Hall–Kier alpha value is -2.18. The Labute approximate surface area is 125 Å². The van der Waals surface area contributed by atoms with Crippen molar-refractivity contribution in [3.8, 4) is 0 Å². The SMILES string of the molecule is CCOC(=O)C(C=NC1CC1)C(=O)c1cc(F)c(F)cc1F. The number of hydrogen-bond acceptors (Lipinski definition) is 4. The summed E-state index contributed by atoms with van der Waals surface area (Å²) in [7, 11) is 0. The Morgan fingerprint density at radius 1 is 1.27 bits per heavy atom. The third-order valence-corrected chi connectivity index (χ3v) is 3.09. The Kier molecular flexibility index (Phi) is 4.95. The fraction of sp³-hybridized carbons (Fsp3) is 0.400. The van der Waals surface area contributed by atoms with Crippen LogP contribution in [0.1, 0.15) is 30.1 Å². The smallest absolute Gasteiger partial charge is 0.322 e. The average molecular weight is 313 g/mol. The second-order valence-corrected chi connectivity index (χ2v) is 4.87. The van der Waals surface area contributed by atoms with Crippen LogP contribution in [-0.2, 0) is 9.53 Å². The normalized spacial score (nSPS) is 15.8. The zero-order valence-corrected chi connectivity index (χ0v) is 11.8. The van der Waals surface area contributed by atoms with Crippen molar-refractivity contribution in [2.75, 3.05) is 6.61 Å². The maximum absolute atomic E-state index is 13.7. The standard InChI is InChI=1S/C15H14F3NO3/c1-2-22-15(21)10(7-19-8-3-4-8)14(20)9-5-12(17)13(18)6-11(9)16/h5-8,10H,2-4H2,1H3. The van der Waals surface area contributed by atoms with Crippen LogP contribution in [0.3, 0.4) is 0 Å². The molecule has 22 heavy (non-hydrogen) atoms. The zero-order valence-electron chi connectivity index (χ0n) is 11.8. The molecular weight excluding hydrogens is 299 g/mol. The van der Waals surface area contributed by atoms with E-state index in [0.717, 1.165) is 19.1 Å². The van der Waals surface area contributed by atoms with Gasteiger partial charge in [-0.3, -0.25) is 14.6 Å². The van der Waals surface area contributed by atoms with E-state index in [2.05, 4.69) is 4.99 Å². The van der Waals surface area contributed by atoms with Gasteiger partial charge < -0.3 is 4.74 Å². The molecular formula is C15H14F3NO3. The first-order chi connectivity index (χ1) is 10.4. The first-order valence-electron chi connectivity index (χ1n) is 6.82. The summed E-state index contributed by atoms with van der Waals surface area (Å²) in [6.45, 7) is 1.58. The van der Waals surface area contributed by atoms with Crippen molar-refractivity contribution in [2.45, 2.75) is 25.8 Å². The van der Waals surface area contributed by atoms with Crippen molar-refractivity contribution >= 4 is 18.0 Å². The second-order valence-electron chi connectivity index (χ2n) is 4.87. The lowest BCUT2D eigenvalue weighted by atomic mass is 9.98. The van der Waals surface area contributed by atoms with E-state index in [4.69, 9.17) is 4.74 Å². The highest BCUT2D eigenvalue weighted by atomic mass is 19.2. The molecule has 0 heterocycles. The molecule has 7 heteroatoms. The highest BCUT2D eigenvalue weighted by Crippen LogP contribution is 2.24. The van der Waals surface area contributed by atoms with Crippen LogP contribution in [0.25, 0.3) is 0 Å². The summed E-state index contributed by atoms with van der Waals surface area (Å²) >= 11 is 0. The van der Waals surface area contributed by atoms with Crippen molar-refractivity contribution in [3.05, 3.63) is 35.1 Å².